The van der Waals surface area contributed by atoms with Crippen LogP contribution in [-0.4, -0.2) is 45.1 Å². The van der Waals surface area contributed by atoms with E-state index in [1.807, 2.05) is 24.3 Å². The van der Waals surface area contributed by atoms with Gasteiger partial charge in [-0.1, -0.05) is 18.2 Å². The second kappa shape index (κ2) is 7.08. The average molecular weight is 370 g/mol. The molecular weight excluding hydrogens is 348 g/mol. The fourth-order valence-electron chi connectivity index (χ4n) is 1.94. The Morgan fingerprint density at radius 1 is 1.29 bits per heavy atom. The van der Waals surface area contributed by atoms with Gasteiger partial charge in [0.15, 0.2) is 0 Å². The maximum absolute atomic E-state index is 12.3. The van der Waals surface area contributed by atoms with Gasteiger partial charge in [-0.2, -0.15) is 0 Å². The van der Waals surface area contributed by atoms with Crippen molar-refractivity contribution in [3.63, 3.8) is 0 Å². The molecule has 1 heterocycles. The zero-order valence-electron chi connectivity index (χ0n) is 14.2. The number of sulfonamides is 1. The Labute approximate surface area is 146 Å². The molecule has 132 valence electrons. The van der Waals surface area contributed by atoms with Gasteiger partial charge in [0.1, 0.15) is 9.81 Å². The lowest BCUT2D eigenvalue weighted by atomic mass is 10.2. The first-order valence-electron chi connectivity index (χ1n) is 7.51. The summed E-state index contributed by atoms with van der Waals surface area (Å²) in [6.45, 7) is 5.68. The lowest BCUT2D eigenvalue weighted by Gasteiger charge is -2.24. The van der Waals surface area contributed by atoms with Gasteiger partial charge >= 0.3 is 6.09 Å². The van der Waals surface area contributed by atoms with E-state index >= 15 is 0 Å². The highest BCUT2D eigenvalue weighted by atomic mass is 32.2. The Hall–Kier alpha value is -1.64. The molecule has 0 fully saturated rings. The monoisotopic (exact) mass is 370 g/mol. The molecule has 0 radical (unpaired) electrons. The minimum Gasteiger partial charge on any atom is -0.444 e. The van der Waals surface area contributed by atoms with Crippen LogP contribution in [0, 0.1) is 0 Å². The van der Waals surface area contributed by atoms with E-state index in [1.54, 1.807) is 33.9 Å². The molecule has 0 aliphatic heterocycles. The molecule has 0 aliphatic carbocycles. The van der Waals surface area contributed by atoms with E-state index in [0.717, 1.165) is 10.1 Å². The molecule has 8 heteroatoms. The highest BCUT2D eigenvalue weighted by Gasteiger charge is 2.21. The first kappa shape index (κ1) is 18.7. The van der Waals surface area contributed by atoms with Gasteiger partial charge in [0, 0.05) is 24.8 Å². The molecule has 0 spiro atoms. The number of fused-ring (bicyclic) bond motifs is 1. The lowest BCUT2D eigenvalue weighted by Crippen LogP contribution is -2.39. The summed E-state index contributed by atoms with van der Waals surface area (Å²) in [5.41, 5.74) is -0.581. The number of ether oxygens (including phenoxy) is 1. The Morgan fingerprint density at radius 2 is 1.96 bits per heavy atom. The van der Waals surface area contributed by atoms with Crippen molar-refractivity contribution in [1.29, 1.82) is 0 Å². The van der Waals surface area contributed by atoms with Gasteiger partial charge in [-0.15, -0.1) is 11.3 Å². The third kappa shape index (κ3) is 4.93. The Balaban J connectivity index is 1.94. The van der Waals surface area contributed by atoms with Gasteiger partial charge in [0.2, 0.25) is 10.0 Å². The fourth-order valence-corrected chi connectivity index (χ4v) is 4.40. The minimum atomic E-state index is -3.59. The van der Waals surface area contributed by atoms with Crippen LogP contribution in [0.2, 0.25) is 0 Å². The number of amides is 1. The van der Waals surface area contributed by atoms with Gasteiger partial charge in [0.25, 0.3) is 0 Å². The van der Waals surface area contributed by atoms with Crippen molar-refractivity contribution >= 4 is 37.5 Å². The van der Waals surface area contributed by atoms with Crippen LogP contribution in [0.3, 0.4) is 0 Å². The van der Waals surface area contributed by atoms with Crippen molar-refractivity contribution in [2.75, 3.05) is 20.1 Å². The van der Waals surface area contributed by atoms with E-state index in [4.69, 9.17) is 4.74 Å². The molecule has 0 aliphatic rings. The van der Waals surface area contributed by atoms with E-state index in [-0.39, 0.29) is 17.3 Å². The van der Waals surface area contributed by atoms with Crippen LogP contribution in [0.25, 0.3) is 10.1 Å². The second-order valence-electron chi connectivity index (χ2n) is 6.40. The number of rotatable bonds is 5. The normalized spacial score (nSPS) is 12.3. The molecule has 0 unspecified atom stereocenters. The molecule has 0 saturated heterocycles. The third-order valence-electron chi connectivity index (χ3n) is 3.11. The predicted molar refractivity (Wildman–Crippen MR) is 95.9 cm³/mol. The molecule has 24 heavy (non-hydrogen) atoms. The van der Waals surface area contributed by atoms with Crippen LogP contribution in [0.15, 0.2) is 34.5 Å². The smallest absolute Gasteiger partial charge is 0.410 e. The van der Waals surface area contributed by atoms with Crippen LogP contribution in [-0.2, 0) is 14.8 Å². The molecule has 6 nitrogen and oxygen atoms in total. The number of carbonyl (C=O) groups excluding carboxylic acids is 1. The van der Waals surface area contributed by atoms with E-state index in [1.165, 1.54) is 16.2 Å². The number of nitrogens with zero attached hydrogens (tertiary/aromatic N) is 1. The summed E-state index contributed by atoms with van der Waals surface area (Å²) in [7, 11) is -2.02. The molecule has 0 bridgehead atoms. The summed E-state index contributed by atoms with van der Waals surface area (Å²) >= 11 is 1.22. The summed E-state index contributed by atoms with van der Waals surface area (Å²) in [5.74, 6) is 0. The number of benzene rings is 1. The fraction of sp³-hybridized carbons (Fsp3) is 0.438. The van der Waals surface area contributed by atoms with E-state index in [9.17, 15) is 13.2 Å². The van der Waals surface area contributed by atoms with Crippen molar-refractivity contribution in [2.45, 2.75) is 30.6 Å². The molecule has 1 aromatic heterocycles. The topological polar surface area (TPSA) is 75.7 Å². The number of hydrogen-bond donors (Lipinski definition) is 1. The van der Waals surface area contributed by atoms with Gasteiger partial charge in [0.05, 0.1) is 0 Å². The first-order valence-corrected chi connectivity index (χ1v) is 9.81. The second-order valence-corrected chi connectivity index (χ2v) is 9.48. The maximum Gasteiger partial charge on any atom is 0.410 e. The van der Waals surface area contributed by atoms with Crippen molar-refractivity contribution in [1.82, 2.24) is 9.62 Å². The van der Waals surface area contributed by atoms with Crippen LogP contribution in [0.5, 0.6) is 0 Å². The molecule has 0 saturated carbocycles. The third-order valence-corrected chi connectivity index (χ3v) is 6.16. The van der Waals surface area contributed by atoms with Crippen LogP contribution >= 0.6 is 11.3 Å². The SMILES string of the molecule is CN(CCNS(=O)(=O)c1cc2ccccc2s1)C(=O)OC(C)(C)C. The Morgan fingerprint density at radius 3 is 2.58 bits per heavy atom. The van der Waals surface area contributed by atoms with Crippen LogP contribution in [0.4, 0.5) is 4.79 Å². The first-order chi connectivity index (χ1) is 11.1. The van der Waals surface area contributed by atoms with Crippen molar-refractivity contribution in [3.8, 4) is 0 Å². The predicted octanol–water partition coefficient (Wildman–Crippen LogP) is 3.05. The van der Waals surface area contributed by atoms with Gasteiger partial charge in [-0.05, 0) is 38.3 Å². The van der Waals surface area contributed by atoms with Crippen molar-refractivity contribution < 1.29 is 17.9 Å². The van der Waals surface area contributed by atoms with Crippen molar-refractivity contribution in [3.05, 3.63) is 30.3 Å². The standard InChI is InChI=1S/C16H22N2O4S2/c1-16(2,3)22-15(19)18(4)10-9-17-24(20,21)14-11-12-7-5-6-8-13(12)23-14/h5-8,11,17H,9-10H2,1-4H3. The number of hydrogen-bond acceptors (Lipinski definition) is 5. The lowest BCUT2D eigenvalue weighted by molar-refractivity contribution is 0.0302. The highest BCUT2D eigenvalue weighted by Crippen LogP contribution is 2.28. The molecule has 2 rings (SSSR count). The van der Waals surface area contributed by atoms with E-state index in [0.29, 0.717) is 0 Å². The number of nitrogens with one attached hydrogen (secondary N) is 1. The minimum absolute atomic E-state index is 0.117. The number of likely N-dealkylation sites (N-methyl/N-ethyl adjacent to an activating group) is 1. The zero-order valence-corrected chi connectivity index (χ0v) is 15.8. The zero-order chi connectivity index (χ0) is 18.0. The largest absolute Gasteiger partial charge is 0.444 e. The number of carbonyl (C=O) groups is 1. The van der Waals surface area contributed by atoms with Crippen LogP contribution in [0.1, 0.15) is 20.8 Å². The summed E-state index contributed by atoms with van der Waals surface area (Å²) in [4.78, 5) is 13.2. The summed E-state index contributed by atoms with van der Waals surface area (Å²) in [5, 5.41) is 0.897. The van der Waals surface area contributed by atoms with E-state index in [2.05, 4.69) is 4.72 Å². The summed E-state index contributed by atoms with van der Waals surface area (Å²) in [6.07, 6.45) is -0.483. The van der Waals surface area contributed by atoms with Gasteiger partial charge in [-0.3, -0.25) is 0 Å². The van der Waals surface area contributed by atoms with Gasteiger partial charge < -0.3 is 9.64 Å². The van der Waals surface area contributed by atoms with Crippen LogP contribution < -0.4 is 4.72 Å². The average Bonchev–Trinajstić information content (AvgIpc) is 2.90. The molecule has 1 aromatic carbocycles. The molecule has 1 N–H and O–H groups in total. The molecular formula is C16H22N2O4S2. The van der Waals surface area contributed by atoms with Gasteiger partial charge in [-0.25, -0.2) is 17.9 Å². The van der Waals surface area contributed by atoms with Crippen molar-refractivity contribution in [2.24, 2.45) is 0 Å². The summed E-state index contributed by atoms with van der Waals surface area (Å²) in [6, 6.07) is 9.16. The maximum atomic E-state index is 12.3. The molecule has 2 aromatic rings. The highest BCUT2D eigenvalue weighted by molar-refractivity contribution is 7.91. The summed E-state index contributed by atoms with van der Waals surface area (Å²) < 4.78 is 33.6. The number of thiophene rings is 1. The Kier molecular flexibility index (Phi) is 5.52. The molecule has 0 atom stereocenters. The quantitative estimate of drug-likeness (QED) is 0.878. The molecule has 1 amide bonds. The Bertz CT molecular complexity index is 789. The van der Waals surface area contributed by atoms with E-state index < -0.39 is 21.7 Å².